The van der Waals surface area contributed by atoms with Gasteiger partial charge in [0.1, 0.15) is 11.9 Å². The third-order valence-corrected chi connectivity index (χ3v) is 5.13. The van der Waals surface area contributed by atoms with Gasteiger partial charge in [0.15, 0.2) is 11.3 Å². The fourth-order valence-corrected chi connectivity index (χ4v) is 3.44. The van der Waals surface area contributed by atoms with E-state index in [1.165, 1.54) is 0 Å². The Labute approximate surface area is 170 Å². The van der Waals surface area contributed by atoms with E-state index in [2.05, 4.69) is 0 Å². The Bertz CT molecular complexity index is 1020. The third-order valence-electron chi connectivity index (χ3n) is 5.13. The molecule has 1 aromatic heterocycles. The lowest BCUT2D eigenvalue weighted by atomic mass is 10.1. The third kappa shape index (κ3) is 4.35. The van der Waals surface area contributed by atoms with Crippen LogP contribution in [-0.2, 0) is 9.53 Å². The number of fused-ring (bicyclic) bond motifs is 1. The van der Waals surface area contributed by atoms with Gasteiger partial charge in [-0.2, -0.15) is 0 Å². The first-order valence-electron chi connectivity index (χ1n) is 9.91. The van der Waals surface area contributed by atoms with E-state index in [0.717, 1.165) is 16.5 Å². The predicted molar refractivity (Wildman–Crippen MR) is 113 cm³/mol. The molecule has 4 rings (SSSR count). The molecule has 5 heteroatoms. The zero-order valence-corrected chi connectivity index (χ0v) is 16.8. The minimum absolute atomic E-state index is 0.0135. The topological polar surface area (TPSA) is 51.9 Å². The SMILES string of the molecule is CC(=CC(=O)N1CCOCC1)c1cc2cccc(OC(C)c3ccccc3)c2o1. The molecule has 0 saturated carbocycles. The number of carbonyl (C=O) groups excluding carboxylic acids is 1. The van der Waals surface area contributed by atoms with Gasteiger partial charge in [0.25, 0.3) is 0 Å². The van der Waals surface area contributed by atoms with Crippen LogP contribution in [0, 0.1) is 0 Å². The standard InChI is InChI=1S/C24H25NO4/c1-17(15-23(26)25-11-13-27-14-12-25)22-16-20-9-6-10-21(24(20)29-22)28-18(2)19-7-4-3-5-8-19/h3-10,15-16,18H,11-14H2,1-2H3. The number of allylic oxidation sites excluding steroid dienone is 1. The van der Waals surface area contributed by atoms with Crippen molar-refractivity contribution in [2.45, 2.75) is 20.0 Å². The summed E-state index contributed by atoms with van der Waals surface area (Å²) in [6.07, 6.45) is 1.53. The van der Waals surface area contributed by atoms with Gasteiger partial charge in [-0.05, 0) is 37.1 Å². The number of furan rings is 1. The van der Waals surface area contributed by atoms with Crippen molar-refractivity contribution in [1.29, 1.82) is 0 Å². The normalized spacial score (nSPS) is 16.1. The predicted octanol–water partition coefficient (Wildman–Crippen LogP) is 4.83. The van der Waals surface area contributed by atoms with Gasteiger partial charge in [-0.15, -0.1) is 0 Å². The molecule has 1 amide bonds. The number of morpholine rings is 1. The van der Waals surface area contributed by atoms with Crippen LogP contribution in [0.1, 0.15) is 31.3 Å². The summed E-state index contributed by atoms with van der Waals surface area (Å²) >= 11 is 0. The highest BCUT2D eigenvalue weighted by atomic mass is 16.5. The van der Waals surface area contributed by atoms with Crippen molar-refractivity contribution >= 4 is 22.4 Å². The second-order valence-corrected chi connectivity index (χ2v) is 7.22. The van der Waals surface area contributed by atoms with Gasteiger partial charge in [-0.25, -0.2) is 0 Å². The molecule has 1 unspecified atom stereocenters. The maximum Gasteiger partial charge on any atom is 0.247 e. The highest BCUT2D eigenvalue weighted by Gasteiger charge is 2.17. The van der Waals surface area contributed by atoms with Crippen molar-refractivity contribution in [3.63, 3.8) is 0 Å². The molecule has 1 aliphatic heterocycles. The van der Waals surface area contributed by atoms with Crippen molar-refractivity contribution < 1.29 is 18.7 Å². The number of rotatable bonds is 5. The Morgan fingerprint density at radius 1 is 1.10 bits per heavy atom. The van der Waals surface area contributed by atoms with Crippen LogP contribution >= 0.6 is 0 Å². The molecule has 150 valence electrons. The van der Waals surface area contributed by atoms with Gasteiger partial charge in [0, 0.05) is 24.6 Å². The average molecular weight is 391 g/mol. The fourth-order valence-electron chi connectivity index (χ4n) is 3.44. The number of hydrogen-bond donors (Lipinski definition) is 0. The number of ether oxygens (including phenoxy) is 2. The molecular formula is C24H25NO4. The average Bonchev–Trinajstić information content (AvgIpc) is 3.20. The van der Waals surface area contributed by atoms with Crippen LogP contribution in [0.4, 0.5) is 0 Å². The second-order valence-electron chi connectivity index (χ2n) is 7.22. The maximum absolute atomic E-state index is 12.5. The number of hydrogen-bond acceptors (Lipinski definition) is 4. The van der Waals surface area contributed by atoms with E-state index >= 15 is 0 Å². The second kappa shape index (κ2) is 8.53. The van der Waals surface area contributed by atoms with Gasteiger partial charge >= 0.3 is 0 Å². The Morgan fingerprint density at radius 3 is 2.62 bits per heavy atom. The maximum atomic E-state index is 12.5. The van der Waals surface area contributed by atoms with Crippen LogP contribution < -0.4 is 4.74 Å². The molecule has 0 radical (unpaired) electrons. The van der Waals surface area contributed by atoms with E-state index in [4.69, 9.17) is 13.9 Å². The molecule has 1 fully saturated rings. The number of carbonyl (C=O) groups is 1. The summed E-state index contributed by atoms with van der Waals surface area (Å²) in [6.45, 7) is 6.33. The fraction of sp³-hybridized carbons (Fsp3) is 0.292. The van der Waals surface area contributed by atoms with Crippen LogP contribution in [0.3, 0.4) is 0 Å². The summed E-state index contributed by atoms with van der Waals surface area (Å²) in [5.41, 5.74) is 2.58. The molecule has 1 aliphatic rings. The lowest BCUT2D eigenvalue weighted by Crippen LogP contribution is -2.39. The van der Waals surface area contributed by atoms with Crippen LogP contribution in [0.5, 0.6) is 5.75 Å². The Morgan fingerprint density at radius 2 is 1.86 bits per heavy atom. The molecule has 0 N–H and O–H groups in total. The van der Waals surface area contributed by atoms with E-state index in [1.54, 1.807) is 11.0 Å². The van der Waals surface area contributed by atoms with Crippen molar-refractivity contribution in [2.24, 2.45) is 0 Å². The minimum Gasteiger partial charge on any atom is -0.482 e. The molecule has 1 saturated heterocycles. The summed E-state index contributed by atoms with van der Waals surface area (Å²) < 4.78 is 17.6. The van der Waals surface area contributed by atoms with Crippen molar-refractivity contribution in [3.8, 4) is 5.75 Å². The van der Waals surface area contributed by atoms with E-state index in [-0.39, 0.29) is 12.0 Å². The van der Waals surface area contributed by atoms with Crippen LogP contribution in [0.2, 0.25) is 0 Å². The van der Waals surface area contributed by atoms with Gasteiger partial charge in [-0.1, -0.05) is 42.5 Å². The van der Waals surface area contributed by atoms with E-state index in [0.29, 0.717) is 43.4 Å². The molecule has 0 aliphatic carbocycles. The smallest absolute Gasteiger partial charge is 0.247 e. The zero-order chi connectivity index (χ0) is 20.2. The quantitative estimate of drug-likeness (QED) is 0.584. The number of amides is 1. The van der Waals surface area contributed by atoms with Gasteiger partial charge in [-0.3, -0.25) is 4.79 Å². The lowest BCUT2D eigenvalue weighted by Gasteiger charge is -2.25. The highest BCUT2D eigenvalue weighted by molar-refractivity contribution is 5.96. The molecule has 0 bridgehead atoms. The summed E-state index contributed by atoms with van der Waals surface area (Å²) in [5, 5.41) is 0.948. The molecule has 2 heterocycles. The summed E-state index contributed by atoms with van der Waals surface area (Å²) in [6, 6.07) is 17.9. The molecule has 2 aromatic carbocycles. The van der Waals surface area contributed by atoms with Crippen molar-refractivity contribution in [1.82, 2.24) is 4.90 Å². The van der Waals surface area contributed by atoms with Crippen LogP contribution in [-0.4, -0.2) is 37.1 Å². The van der Waals surface area contributed by atoms with Crippen LogP contribution in [0.25, 0.3) is 16.5 Å². The van der Waals surface area contributed by atoms with E-state index < -0.39 is 0 Å². The Hall–Kier alpha value is -3.05. The molecule has 5 nitrogen and oxygen atoms in total. The van der Waals surface area contributed by atoms with Crippen molar-refractivity contribution in [3.05, 3.63) is 72.0 Å². The minimum atomic E-state index is -0.102. The van der Waals surface area contributed by atoms with E-state index in [9.17, 15) is 4.79 Å². The molecule has 0 spiro atoms. The van der Waals surface area contributed by atoms with Gasteiger partial charge in [0.2, 0.25) is 5.91 Å². The monoisotopic (exact) mass is 391 g/mol. The Balaban J connectivity index is 1.57. The lowest BCUT2D eigenvalue weighted by molar-refractivity contribution is -0.129. The molecule has 3 aromatic rings. The van der Waals surface area contributed by atoms with Crippen molar-refractivity contribution in [2.75, 3.05) is 26.3 Å². The molecule has 1 atom stereocenters. The van der Waals surface area contributed by atoms with Gasteiger partial charge < -0.3 is 18.8 Å². The first kappa shape index (κ1) is 19.3. The van der Waals surface area contributed by atoms with Gasteiger partial charge in [0.05, 0.1) is 13.2 Å². The zero-order valence-electron chi connectivity index (χ0n) is 16.8. The van der Waals surface area contributed by atoms with E-state index in [1.807, 2.05) is 68.4 Å². The first-order valence-corrected chi connectivity index (χ1v) is 9.91. The summed E-state index contributed by atoms with van der Waals surface area (Å²) in [7, 11) is 0. The largest absolute Gasteiger partial charge is 0.482 e. The summed E-state index contributed by atoms with van der Waals surface area (Å²) in [5.74, 6) is 1.35. The highest BCUT2D eigenvalue weighted by Crippen LogP contribution is 2.34. The summed E-state index contributed by atoms with van der Waals surface area (Å²) in [4.78, 5) is 14.3. The number of para-hydroxylation sites is 1. The van der Waals surface area contributed by atoms with Crippen LogP contribution in [0.15, 0.2) is 65.1 Å². The Kier molecular flexibility index (Phi) is 5.67. The first-order chi connectivity index (χ1) is 14.1. The number of benzene rings is 2. The molecule has 29 heavy (non-hydrogen) atoms. The molecular weight excluding hydrogens is 366 g/mol. The number of nitrogens with zero attached hydrogens (tertiary/aromatic N) is 1.